The fourth-order valence-electron chi connectivity index (χ4n) is 3.74. The number of hydrogen-bond donors (Lipinski definition) is 1. The van der Waals surface area contributed by atoms with Gasteiger partial charge >= 0.3 is 0 Å². The summed E-state index contributed by atoms with van der Waals surface area (Å²) < 4.78 is 5.53. The average Bonchev–Trinajstić information content (AvgIpc) is 2.70. The maximum atomic E-state index is 10.2. The van der Waals surface area contributed by atoms with Gasteiger partial charge in [-0.1, -0.05) is 60.7 Å². The average molecular weight is 405 g/mol. The zero-order valence-electron chi connectivity index (χ0n) is 16.9. The molecule has 0 aromatic heterocycles. The van der Waals surface area contributed by atoms with Crippen molar-refractivity contribution in [1.29, 1.82) is 0 Å². The second-order valence-corrected chi connectivity index (χ2v) is 7.60. The van der Waals surface area contributed by atoms with Crippen molar-refractivity contribution in [2.45, 2.75) is 32.1 Å². The van der Waals surface area contributed by atoms with Gasteiger partial charge in [0.1, 0.15) is 0 Å². The van der Waals surface area contributed by atoms with E-state index in [1.54, 1.807) is 0 Å². The van der Waals surface area contributed by atoms with Crippen LogP contribution in [0.1, 0.15) is 31.0 Å². The van der Waals surface area contributed by atoms with Gasteiger partial charge in [-0.25, -0.2) is 0 Å². The van der Waals surface area contributed by atoms with E-state index in [4.69, 9.17) is 4.74 Å². The molecule has 1 fully saturated rings. The third-order valence-corrected chi connectivity index (χ3v) is 5.09. The molecule has 4 nitrogen and oxygen atoms in total. The van der Waals surface area contributed by atoms with Crippen molar-refractivity contribution in [1.82, 2.24) is 9.80 Å². The van der Waals surface area contributed by atoms with Crippen LogP contribution in [-0.4, -0.2) is 66.4 Å². The van der Waals surface area contributed by atoms with E-state index in [-0.39, 0.29) is 24.6 Å². The zero-order chi connectivity index (χ0) is 19.1. The van der Waals surface area contributed by atoms with Crippen LogP contribution < -0.4 is 0 Å². The highest BCUT2D eigenvalue weighted by atomic mass is 35.5. The SMILES string of the molecule is CC(C)OCC(O)CN1CCN(C(c2ccccc2)c2ccccc2)CC1.Cl. The molecular formula is C23H33ClN2O2. The molecule has 1 saturated heterocycles. The number of aliphatic hydroxyl groups is 1. The predicted molar refractivity (Wildman–Crippen MR) is 117 cm³/mol. The first-order valence-electron chi connectivity index (χ1n) is 9.99. The summed E-state index contributed by atoms with van der Waals surface area (Å²) in [6, 6.07) is 21.8. The van der Waals surface area contributed by atoms with Crippen LogP contribution in [0, 0.1) is 0 Å². The molecule has 1 N–H and O–H groups in total. The van der Waals surface area contributed by atoms with E-state index in [1.165, 1.54) is 11.1 Å². The van der Waals surface area contributed by atoms with E-state index in [2.05, 4.69) is 70.5 Å². The molecular weight excluding hydrogens is 372 g/mol. The highest BCUT2D eigenvalue weighted by Crippen LogP contribution is 2.29. The Bertz CT molecular complexity index is 621. The Morgan fingerprint density at radius 2 is 1.36 bits per heavy atom. The molecule has 1 unspecified atom stereocenters. The third kappa shape index (κ3) is 6.57. The van der Waals surface area contributed by atoms with Crippen LogP contribution in [0.5, 0.6) is 0 Å². The lowest BCUT2D eigenvalue weighted by Crippen LogP contribution is -2.50. The molecule has 0 aliphatic carbocycles. The monoisotopic (exact) mass is 404 g/mol. The van der Waals surface area contributed by atoms with Crippen LogP contribution in [0.3, 0.4) is 0 Å². The number of nitrogens with zero attached hydrogens (tertiary/aromatic N) is 2. The van der Waals surface area contributed by atoms with Crippen molar-refractivity contribution in [3.8, 4) is 0 Å². The van der Waals surface area contributed by atoms with E-state index in [1.807, 2.05) is 13.8 Å². The van der Waals surface area contributed by atoms with Crippen LogP contribution in [0.4, 0.5) is 0 Å². The number of benzene rings is 2. The Morgan fingerprint density at radius 1 is 0.857 bits per heavy atom. The number of rotatable bonds is 8. The van der Waals surface area contributed by atoms with Crippen molar-refractivity contribution in [2.24, 2.45) is 0 Å². The summed E-state index contributed by atoms with van der Waals surface area (Å²) in [6.45, 7) is 9.01. The van der Waals surface area contributed by atoms with E-state index in [0.29, 0.717) is 13.2 Å². The lowest BCUT2D eigenvalue weighted by atomic mass is 9.96. The van der Waals surface area contributed by atoms with Crippen molar-refractivity contribution >= 4 is 12.4 Å². The first kappa shape index (κ1) is 22.9. The smallest absolute Gasteiger partial charge is 0.0900 e. The minimum Gasteiger partial charge on any atom is -0.389 e. The minimum atomic E-state index is -0.419. The van der Waals surface area contributed by atoms with Crippen LogP contribution in [-0.2, 0) is 4.74 Å². The van der Waals surface area contributed by atoms with E-state index in [0.717, 1.165) is 26.2 Å². The van der Waals surface area contributed by atoms with Crippen molar-refractivity contribution in [3.63, 3.8) is 0 Å². The Labute approximate surface area is 175 Å². The Kier molecular flexibility index (Phi) is 9.42. The van der Waals surface area contributed by atoms with E-state index in [9.17, 15) is 5.11 Å². The quantitative estimate of drug-likeness (QED) is 0.729. The number of hydrogen-bond acceptors (Lipinski definition) is 4. The predicted octanol–water partition coefficient (Wildman–Crippen LogP) is 3.60. The van der Waals surface area contributed by atoms with Crippen LogP contribution in [0.15, 0.2) is 60.7 Å². The third-order valence-electron chi connectivity index (χ3n) is 5.09. The van der Waals surface area contributed by atoms with Crippen LogP contribution >= 0.6 is 12.4 Å². The molecule has 0 spiro atoms. The van der Waals surface area contributed by atoms with Crippen molar-refractivity contribution in [2.75, 3.05) is 39.3 Å². The van der Waals surface area contributed by atoms with Gasteiger partial charge in [0.25, 0.3) is 0 Å². The Hall–Kier alpha value is -1.43. The van der Waals surface area contributed by atoms with Gasteiger partial charge in [0, 0.05) is 32.7 Å². The molecule has 0 bridgehead atoms. The molecule has 1 aliphatic heterocycles. The van der Waals surface area contributed by atoms with E-state index < -0.39 is 6.10 Å². The minimum absolute atomic E-state index is 0. The standard InChI is InChI=1S/C23H32N2O2.ClH/c1-19(2)27-18-22(26)17-24-13-15-25(16-14-24)23(20-9-5-3-6-10-20)21-11-7-4-8-12-21;/h3-12,19,22-23,26H,13-18H2,1-2H3;1H. The summed E-state index contributed by atoms with van der Waals surface area (Å²) >= 11 is 0. The summed E-state index contributed by atoms with van der Waals surface area (Å²) in [7, 11) is 0. The molecule has 0 radical (unpaired) electrons. The molecule has 1 heterocycles. The number of halogens is 1. The summed E-state index contributed by atoms with van der Waals surface area (Å²) in [6.07, 6.45) is -0.257. The van der Waals surface area contributed by atoms with Gasteiger partial charge in [-0.05, 0) is 25.0 Å². The van der Waals surface area contributed by atoms with Crippen molar-refractivity contribution < 1.29 is 9.84 Å². The Morgan fingerprint density at radius 3 is 1.82 bits per heavy atom. The van der Waals surface area contributed by atoms with Gasteiger partial charge in [-0.15, -0.1) is 12.4 Å². The van der Waals surface area contributed by atoms with Gasteiger partial charge in [-0.3, -0.25) is 9.80 Å². The maximum Gasteiger partial charge on any atom is 0.0900 e. The maximum absolute atomic E-state index is 10.2. The van der Waals surface area contributed by atoms with Gasteiger partial charge in [0.15, 0.2) is 0 Å². The molecule has 5 heteroatoms. The molecule has 2 aromatic carbocycles. The lowest BCUT2D eigenvalue weighted by molar-refractivity contribution is -0.0159. The first-order valence-corrected chi connectivity index (χ1v) is 9.99. The Balaban J connectivity index is 0.00000280. The summed E-state index contributed by atoms with van der Waals surface area (Å²) in [5.74, 6) is 0. The van der Waals surface area contributed by atoms with E-state index >= 15 is 0 Å². The first-order chi connectivity index (χ1) is 13.1. The van der Waals surface area contributed by atoms with Gasteiger partial charge in [0.05, 0.1) is 24.9 Å². The highest BCUT2D eigenvalue weighted by Gasteiger charge is 2.27. The molecule has 0 amide bonds. The molecule has 1 aliphatic rings. The number of piperazine rings is 1. The normalized spacial score (nSPS) is 16.9. The van der Waals surface area contributed by atoms with Gasteiger partial charge in [0.2, 0.25) is 0 Å². The van der Waals surface area contributed by atoms with Crippen LogP contribution in [0.2, 0.25) is 0 Å². The molecule has 0 saturated carbocycles. The molecule has 154 valence electrons. The summed E-state index contributed by atoms with van der Waals surface area (Å²) in [5.41, 5.74) is 2.67. The fraction of sp³-hybridized carbons (Fsp3) is 0.478. The molecule has 3 rings (SSSR count). The second kappa shape index (κ2) is 11.5. The zero-order valence-corrected chi connectivity index (χ0v) is 17.7. The van der Waals surface area contributed by atoms with Gasteiger partial charge < -0.3 is 9.84 Å². The number of ether oxygens (including phenoxy) is 1. The molecule has 2 aromatic rings. The lowest BCUT2D eigenvalue weighted by Gasteiger charge is -2.40. The summed E-state index contributed by atoms with van der Waals surface area (Å²) in [5, 5.41) is 10.2. The molecule has 28 heavy (non-hydrogen) atoms. The molecule has 1 atom stereocenters. The summed E-state index contributed by atoms with van der Waals surface area (Å²) in [4.78, 5) is 4.90. The number of aliphatic hydroxyl groups excluding tert-OH is 1. The fourth-order valence-corrected chi connectivity index (χ4v) is 3.74. The van der Waals surface area contributed by atoms with Crippen molar-refractivity contribution in [3.05, 3.63) is 71.8 Å². The van der Waals surface area contributed by atoms with Gasteiger partial charge in [-0.2, -0.15) is 0 Å². The second-order valence-electron chi connectivity index (χ2n) is 7.60. The highest BCUT2D eigenvalue weighted by molar-refractivity contribution is 5.85. The van der Waals surface area contributed by atoms with Crippen LogP contribution in [0.25, 0.3) is 0 Å². The topological polar surface area (TPSA) is 35.9 Å². The largest absolute Gasteiger partial charge is 0.389 e. The number of β-amino-alcohol motifs (C(OH)–C–C–N with tert-alkyl or cyclic N) is 1.